The van der Waals surface area contributed by atoms with Crippen molar-refractivity contribution < 1.29 is 4.74 Å². The van der Waals surface area contributed by atoms with Gasteiger partial charge >= 0.3 is 0 Å². The fourth-order valence-corrected chi connectivity index (χ4v) is 1.85. The zero-order valence-corrected chi connectivity index (χ0v) is 9.39. The Kier molecular flexibility index (Phi) is 3.37. The number of likely N-dealkylation sites (tertiary alicyclic amines) is 1. The average molecular weight is 217 g/mol. The zero-order chi connectivity index (χ0) is 11.4. The van der Waals surface area contributed by atoms with Crippen molar-refractivity contribution in [2.45, 2.75) is 18.9 Å². The number of pyridine rings is 1. The van der Waals surface area contributed by atoms with Crippen LogP contribution in [0.5, 0.6) is 5.75 Å². The van der Waals surface area contributed by atoms with Crippen LogP contribution in [0.15, 0.2) is 18.5 Å². The molecule has 2 heterocycles. The van der Waals surface area contributed by atoms with Crippen LogP contribution >= 0.6 is 0 Å². The first-order chi connectivity index (χ1) is 7.79. The molecule has 0 bridgehead atoms. The van der Waals surface area contributed by atoms with E-state index in [1.807, 2.05) is 0 Å². The van der Waals surface area contributed by atoms with Gasteiger partial charge in [-0.15, -0.1) is 0 Å². The Bertz CT molecular complexity index is 391. The van der Waals surface area contributed by atoms with Crippen LogP contribution in [0.2, 0.25) is 0 Å². The van der Waals surface area contributed by atoms with Crippen LogP contribution in [-0.4, -0.2) is 36.1 Å². The molecule has 0 atom stereocenters. The van der Waals surface area contributed by atoms with E-state index >= 15 is 0 Å². The summed E-state index contributed by atoms with van der Waals surface area (Å²) in [5, 5.41) is 8.92. The number of hydrogen-bond donors (Lipinski definition) is 0. The standard InChI is InChI=1S/C12H15N3O/c1-15-6-3-11(4-7-15)16-12-9-14-5-2-10(12)8-13/h2,5,9,11H,3-4,6-7H2,1H3. The van der Waals surface area contributed by atoms with Gasteiger partial charge in [-0.3, -0.25) is 4.98 Å². The molecule has 0 aromatic carbocycles. The Morgan fingerprint density at radius 2 is 2.25 bits per heavy atom. The number of rotatable bonds is 2. The molecule has 1 aromatic rings. The Labute approximate surface area is 95.5 Å². The summed E-state index contributed by atoms with van der Waals surface area (Å²) < 4.78 is 5.81. The minimum Gasteiger partial charge on any atom is -0.487 e. The molecular weight excluding hydrogens is 202 g/mol. The van der Waals surface area contributed by atoms with Gasteiger partial charge in [0.15, 0.2) is 5.75 Å². The van der Waals surface area contributed by atoms with Crippen molar-refractivity contribution in [3.05, 3.63) is 24.0 Å². The Morgan fingerprint density at radius 1 is 1.50 bits per heavy atom. The first kappa shape index (κ1) is 10.9. The molecule has 1 aliphatic heterocycles. The van der Waals surface area contributed by atoms with Gasteiger partial charge in [-0.1, -0.05) is 0 Å². The zero-order valence-electron chi connectivity index (χ0n) is 9.39. The number of nitriles is 1. The minimum absolute atomic E-state index is 0.215. The van der Waals surface area contributed by atoms with Crippen LogP contribution in [0.3, 0.4) is 0 Å². The summed E-state index contributed by atoms with van der Waals surface area (Å²) in [6.07, 6.45) is 5.47. The van der Waals surface area contributed by atoms with Gasteiger partial charge < -0.3 is 9.64 Å². The molecule has 16 heavy (non-hydrogen) atoms. The lowest BCUT2D eigenvalue weighted by Crippen LogP contribution is -2.35. The molecule has 84 valence electrons. The monoisotopic (exact) mass is 217 g/mol. The topological polar surface area (TPSA) is 49.1 Å². The van der Waals surface area contributed by atoms with Gasteiger partial charge in [0.1, 0.15) is 12.2 Å². The third kappa shape index (κ3) is 2.50. The van der Waals surface area contributed by atoms with Gasteiger partial charge in [-0.25, -0.2) is 0 Å². The molecule has 1 saturated heterocycles. The molecule has 0 saturated carbocycles. The SMILES string of the molecule is CN1CCC(Oc2cnccc2C#N)CC1. The predicted molar refractivity (Wildman–Crippen MR) is 60.1 cm³/mol. The molecule has 0 unspecified atom stereocenters. The molecule has 4 nitrogen and oxygen atoms in total. The van der Waals surface area contributed by atoms with Crippen molar-refractivity contribution in [1.82, 2.24) is 9.88 Å². The average Bonchev–Trinajstić information content (AvgIpc) is 2.33. The number of aromatic nitrogens is 1. The summed E-state index contributed by atoms with van der Waals surface area (Å²) >= 11 is 0. The molecular formula is C12H15N3O. The maximum atomic E-state index is 8.92. The summed E-state index contributed by atoms with van der Waals surface area (Å²) in [4.78, 5) is 6.27. The van der Waals surface area contributed by atoms with Crippen LogP contribution in [0.25, 0.3) is 0 Å². The Balaban J connectivity index is 2.01. The van der Waals surface area contributed by atoms with Gasteiger partial charge in [-0.2, -0.15) is 5.26 Å². The van der Waals surface area contributed by atoms with Crippen molar-refractivity contribution in [2.75, 3.05) is 20.1 Å². The Hall–Kier alpha value is -1.60. The first-order valence-corrected chi connectivity index (χ1v) is 5.49. The first-order valence-electron chi connectivity index (χ1n) is 5.49. The van der Waals surface area contributed by atoms with E-state index in [0.29, 0.717) is 11.3 Å². The van der Waals surface area contributed by atoms with Gasteiger partial charge in [0.2, 0.25) is 0 Å². The van der Waals surface area contributed by atoms with E-state index in [0.717, 1.165) is 25.9 Å². The van der Waals surface area contributed by atoms with E-state index in [-0.39, 0.29) is 6.10 Å². The molecule has 0 amide bonds. The molecule has 0 aliphatic carbocycles. The minimum atomic E-state index is 0.215. The summed E-state index contributed by atoms with van der Waals surface area (Å²) in [5.41, 5.74) is 0.564. The highest BCUT2D eigenvalue weighted by Gasteiger charge is 2.19. The van der Waals surface area contributed by atoms with E-state index in [9.17, 15) is 0 Å². The quantitative estimate of drug-likeness (QED) is 0.752. The van der Waals surface area contributed by atoms with E-state index in [2.05, 4.69) is 23.0 Å². The van der Waals surface area contributed by atoms with E-state index in [1.54, 1.807) is 18.5 Å². The molecule has 0 N–H and O–H groups in total. The molecule has 0 radical (unpaired) electrons. The number of nitrogens with zero attached hydrogens (tertiary/aromatic N) is 3. The van der Waals surface area contributed by atoms with Crippen molar-refractivity contribution >= 4 is 0 Å². The fraction of sp³-hybridized carbons (Fsp3) is 0.500. The largest absolute Gasteiger partial charge is 0.487 e. The highest BCUT2D eigenvalue weighted by molar-refractivity contribution is 5.40. The lowest BCUT2D eigenvalue weighted by atomic mass is 10.1. The second-order valence-electron chi connectivity index (χ2n) is 4.10. The van der Waals surface area contributed by atoms with Crippen LogP contribution < -0.4 is 4.74 Å². The summed E-state index contributed by atoms with van der Waals surface area (Å²) in [5.74, 6) is 0.611. The second kappa shape index (κ2) is 4.95. The molecule has 1 aromatic heterocycles. The maximum Gasteiger partial charge on any atom is 0.155 e. The van der Waals surface area contributed by atoms with Crippen molar-refractivity contribution in [3.63, 3.8) is 0 Å². The lowest BCUT2D eigenvalue weighted by molar-refractivity contribution is 0.113. The van der Waals surface area contributed by atoms with Crippen molar-refractivity contribution in [3.8, 4) is 11.8 Å². The fourth-order valence-electron chi connectivity index (χ4n) is 1.85. The third-order valence-corrected chi connectivity index (χ3v) is 2.86. The third-order valence-electron chi connectivity index (χ3n) is 2.86. The van der Waals surface area contributed by atoms with Gasteiger partial charge in [0, 0.05) is 19.3 Å². The van der Waals surface area contributed by atoms with Crippen LogP contribution in [0.1, 0.15) is 18.4 Å². The molecule has 0 spiro atoms. The predicted octanol–water partition coefficient (Wildman–Crippen LogP) is 1.43. The highest BCUT2D eigenvalue weighted by Crippen LogP contribution is 2.20. The van der Waals surface area contributed by atoms with E-state index in [4.69, 9.17) is 10.00 Å². The normalized spacial score (nSPS) is 18.0. The molecule has 2 rings (SSSR count). The van der Waals surface area contributed by atoms with Crippen molar-refractivity contribution in [1.29, 1.82) is 5.26 Å². The second-order valence-corrected chi connectivity index (χ2v) is 4.10. The van der Waals surface area contributed by atoms with E-state index < -0.39 is 0 Å². The van der Waals surface area contributed by atoms with E-state index in [1.165, 1.54) is 0 Å². The van der Waals surface area contributed by atoms with Gasteiger partial charge in [-0.05, 0) is 26.0 Å². The number of piperidine rings is 1. The van der Waals surface area contributed by atoms with Gasteiger partial charge in [0.05, 0.1) is 11.8 Å². The number of hydrogen-bond acceptors (Lipinski definition) is 4. The summed E-state index contributed by atoms with van der Waals surface area (Å²) in [6, 6.07) is 3.80. The molecule has 1 aliphatic rings. The summed E-state index contributed by atoms with van der Waals surface area (Å²) in [6.45, 7) is 2.10. The smallest absolute Gasteiger partial charge is 0.155 e. The lowest BCUT2D eigenvalue weighted by Gasteiger charge is -2.29. The van der Waals surface area contributed by atoms with Crippen molar-refractivity contribution in [2.24, 2.45) is 0 Å². The highest BCUT2D eigenvalue weighted by atomic mass is 16.5. The van der Waals surface area contributed by atoms with Crippen LogP contribution in [0, 0.1) is 11.3 Å². The van der Waals surface area contributed by atoms with Gasteiger partial charge in [0.25, 0.3) is 0 Å². The molecule has 1 fully saturated rings. The van der Waals surface area contributed by atoms with Crippen LogP contribution in [0.4, 0.5) is 0 Å². The molecule has 4 heteroatoms. The summed E-state index contributed by atoms with van der Waals surface area (Å²) in [7, 11) is 2.11. The van der Waals surface area contributed by atoms with Crippen LogP contribution in [-0.2, 0) is 0 Å². The Morgan fingerprint density at radius 3 is 2.94 bits per heavy atom. The number of ether oxygens (including phenoxy) is 1. The maximum absolute atomic E-state index is 8.92.